The first-order chi connectivity index (χ1) is 7.73. The third-order valence-electron chi connectivity index (χ3n) is 2.23. The molecule has 0 radical (unpaired) electrons. The Hall–Kier alpha value is -0.850. The Morgan fingerprint density at radius 1 is 1.35 bits per heavy atom. The zero-order chi connectivity index (χ0) is 13.2. The molecular weight excluding hydrogens is 262 g/mol. The Balaban J connectivity index is 2.87. The van der Waals surface area contributed by atoms with Crippen molar-refractivity contribution in [2.24, 2.45) is 5.73 Å². The van der Waals surface area contributed by atoms with Crippen molar-refractivity contribution in [3.8, 4) is 0 Å². The maximum Gasteiger partial charge on any atom is 0.403 e. The Morgan fingerprint density at radius 2 is 1.94 bits per heavy atom. The number of aliphatic hydroxyl groups excluding tert-OH is 1. The highest BCUT2D eigenvalue weighted by molar-refractivity contribution is 6.31. The summed E-state index contributed by atoms with van der Waals surface area (Å²) < 4.78 is 49.8. The van der Waals surface area contributed by atoms with Gasteiger partial charge in [-0.3, -0.25) is 0 Å². The predicted molar refractivity (Wildman–Crippen MR) is 55.0 cm³/mol. The molecule has 3 N–H and O–H groups in total. The van der Waals surface area contributed by atoms with E-state index in [4.69, 9.17) is 17.3 Å². The average molecular weight is 272 g/mol. The lowest BCUT2D eigenvalue weighted by Crippen LogP contribution is -2.38. The molecule has 96 valence electrons. The van der Waals surface area contributed by atoms with Crippen molar-refractivity contribution in [3.05, 3.63) is 34.6 Å². The second kappa shape index (κ2) is 5.20. The fourth-order valence-electron chi connectivity index (χ4n) is 1.32. The predicted octanol–water partition coefficient (Wildman–Crippen LogP) is 2.79. The summed E-state index contributed by atoms with van der Waals surface area (Å²) in [6.07, 6.45) is -7.18. The SMILES string of the molecule is N[C@@H](C[C@@H](O)c1c(F)cccc1Cl)C(F)(F)F. The topological polar surface area (TPSA) is 46.2 Å². The summed E-state index contributed by atoms with van der Waals surface area (Å²) in [4.78, 5) is 0. The Bertz CT molecular complexity index is 376. The fourth-order valence-corrected chi connectivity index (χ4v) is 1.61. The number of hydrogen-bond acceptors (Lipinski definition) is 2. The molecule has 0 unspecified atom stereocenters. The van der Waals surface area contributed by atoms with Crippen LogP contribution in [0.1, 0.15) is 18.1 Å². The van der Waals surface area contributed by atoms with Crippen LogP contribution < -0.4 is 5.73 Å². The van der Waals surface area contributed by atoms with Gasteiger partial charge in [0, 0.05) is 17.0 Å². The zero-order valence-electron chi connectivity index (χ0n) is 8.51. The monoisotopic (exact) mass is 271 g/mol. The van der Waals surface area contributed by atoms with Crippen LogP contribution in [-0.4, -0.2) is 17.3 Å². The van der Waals surface area contributed by atoms with E-state index in [2.05, 4.69) is 0 Å². The van der Waals surface area contributed by atoms with Crippen molar-refractivity contribution < 1.29 is 22.7 Å². The molecule has 0 aliphatic heterocycles. The van der Waals surface area contributed by atoms with E-state index >= 15 is 0 Å². The second-order valence-corrected chi connectivity index (χ2v) is 3.94. The summed E-state index contributed by atoms with van der Waals surface area (Å²) in [7, 11) is 0. The van der Waals surface area contributed by atoms with Crippen molar-refractivity contribution in [2.45, 2.75) is 24.7 Å². The molecule has 0 spiro atoms. The van der Waals surface area contributed by atoms with Gasteiger partial charge in [0.05, 0.1) is 6.10 Å². The molecule has 0 fully saturated rings. The van der Waals surface area contributed by atoms with Gasteiger partial charge in [0.15, 0.2) is 0 Å². The molecule has 0 aromatic heterocycles. The molecule has 0 heterocycles. The van der Waals surface area contributed by atoms with Crippen LogP contribution in [0.3, 0.4) is 0 Å². The molecular formula is C10H10ClF4NO. The lowest BCUT2D eigenvalue weighted by molar-refractivity contribution is -0.154. The number of hydrogen-bond donors (Lipinski definition) is 2. The van der Waals surface area contributed by atoms with Crippen molar-refractivity contribution >= 4 is 11.6 Å². The van der Waals surface area contributed by atoms with E-state index in [9.17, 15) is 22.7 Å². The van der Waals surface area contributed by atoms with Gasteiger partial charge in [0.25, 0.3) is 0 Å². The highest BCUT2D eigenvalue weighted by atomic mass is 35.5. The van der Waals surface area contributed by atoms with E-state index in [-0.39, 0.29) is 10.6 Å². The molecule has 0 amide bonds. The molecule has 0 aliphatic rings. The van der Waals surface area contributed by atoms with Crippen LogP contribution in [0, 0.1) is 5.82 Å². The molecule has 0 bridgehead atoms. The standard InChI is InChI=1S/C10H10ClF4NO/c11-5-2-1-3-6(12)9(5)7(17)4-8(16)10(13,14)15/h1-3,7-8,17H,4,16H2/t7-,8+/m1/s1. The lowest BCUT2D eigenvalue weighted by Gasteiger charge is -2.20. The summed E-state index contributed by atoms with van der Waals surface area (Å²) in [5.74, 6) is -0.862. The quantitative estimate of drug-likeness (QED) is 0.831. The number of benzene rings is 1. The maximum absolute atomic E-state index is 13.3. The van der Waals surface area contributed by atoms with Crippen LogP contribution in [-0.2, 0) is 0 Å². The zero-order valence-corrected chi connectivity index (χ0v) is 9.26. The maximum atomic E-state index is 13.3. The van der Waals surface area contributed by atoms with E-state index in [1.54, 1.807) is 0 Å². The van der Waals surface area contributed by atoms with Gasteiger partial charge in [0.1, 0.15) is 11.9 Å². The van der Waals surface area contributed by atoms with Crippen LogP contribution in [0.5, 0.6) is 0 Å². The number of aliphatic hydroxyl groups is 1. The summed E-state index contributed by atoms with van der Waals surface area (Å²) in [6.45, 7) is 0. The third kappa shape index (κ3) is 3.55. The molecule has 17 heavy (non-hydrogen) atoms. The molecule has 1 aromatic rings. The minimum absolute atomic E-state index is 0.133. The summed E-state index contributed by atoms with van der Waals surface area (Å²) in [6, 6.07) is 1.34. The van der Waals surface area contributed by atoms with Crippen LogP contribution in [0.4, 0.5) is 17.6 Å². The largest absolute Gasteiger partial charge is 0.403 e. The highest BCUT2D eigenvalue weighted by Crippen LogP contribution is 2.31. The first-order valence-corrected chi connectivity index (χ1v) is 5.05. The lowest BCUT2D eigenvalue weighted by atomic mass is 10.0. The molecule has 1 aromatic carbocycles. The van der Waals surface area contributed by atoms with Crippen molar-refractivity contribution in [1.82, 2.24) is 0 Å². The van der Waals surface area contributed by atoms with Gasteiger partial charge in [-0.05, 0) is 12.1 Å². The van der Waals surface area contributed by atoms with Gasteiger partial charge >= 0.3 is 6.18 Å². The van der Waals surface area contributed by atoms with E-state index in [1.807, 2.05) is 0 Å². The normalized spacial score (nSPS) is 15.7. The van der Waals surface area contributed by atoms with Gasteiger partial charge < -0.3 is 10.8 Å². The fraction of sp³-hybridized carbons (Fsp3) is 0.400. The molecule has 1 rings (SSSR count). The Labute approximate surface area is 100.0 Å². The first-order valence-electron chi connectivity index (χ1n) is 4.67. The van der Waals surface area contributed by atoms with E-state index in [0.29, 0.717) is 0 Å². The molecule has 2 atom stereocenters. The smallest absolute Gasteiger partial charge is 0.388 e. The Kier molecular flexibility index (Phi) is 4.35. The second-order valence-electron chi connectivity index (χ2n) is 3.53. The number of alkyl halides is 3. The van der Waals surface area contributed by atoms with Crippen molar-refractivity contribution in [1.29, 1.82) is 0 Å². The first kappa shape index (κ1) is 14.2. The van der Waals surface area contributed by atoms with Crippen LogP contribution >= 0.6 is 11.6 Å². The van der Waals surface area contributed by atoms with Crippen LogP contribution in [0.25, 0.3) is 0 Å². The number of rotatable bonds is 3. The van der Waals surface area contributed by atoms with Gasteiger partial charge in [-0.25, -0.2) is 4.39 Å². The van der Waals surface area contributed by atoms with Gasteiger partial charge in [-0.1, -0.05) is 17.7 Å². The molecule has 0 saturated carbocycles. The molecule has 2 nitrogen and oxygen atoms in total. The minimum Gasteiger partial charge on any atom is -0.388 e. The van der Waals surface area contributed by atoms with E-state index in [1.165, 1.54) is 12.1 Å². The summed E-state index contributed by atoms with van der Waals surface area (Å²) in [5, 5.41) is 9.38. The minimum atomic E-state index is -4.64. The number of halogens is 5. The molecule has 0 aliphatic carbocycles. The van der Waals surface area contributed by atoms with E-state index < -0.39 is 30.6 Å². The van der Waals surface area contributed by atoms with Crippen molar-refractivity contribution in [2.75, 3.05) is 0 Å². The van der Waals surface area contributed by atoms with Crippen LogP contribution in [0.15, 0.2) is 18.2 Å². The Morgan fingerprint density at radius 3 is 2.41 bits per heavy atom. The highest BCUT2D eigenvalue weighted by Gasteiger charge is 2.38. The molecule has 7 heteroatoms. The summed E-state index contributed by atoms with van der Waals surface area (Å²) in [5.41, 5.74) is 4.47. The summed E-state index contributed by atoms with van der Waals surface area (Å²) >= 11 is 5.60. The van der Waals surface area contributed by atoms with Gasteiger partial charge in [-0.2, -0.15) is 13.2 Å². The van der Waals surface area contributed by atoms with Gasteiger partial charge in [-0.15, -0.1) is 0 Å². The van der Waals surface area contributed by atoms with Crippen LogP contribution in [0.2, 0.25) is 5.02 Å². The van der Waals surface area contributed by atoms with Gasteiger partial charge in [0.2, 0.25) is 0 Å². The third-order valence-corrected chi connectivity index (χ3v) is 2.56. The van der Waals surface area contributed by atoms with E-state index in [0.717, 1.165) is 6.07 Å². The molecule has 0 saturated heterocycles. The average Bonchev–Trinajstić information content (AvgIpc) is 2.15. The number of nitrogens with two attached hydrogens (primary N) is 1. The van der Waals surface area contributed by atoms with Crippen molar-refractivity contribution in [3.63, 3.8) is 0 Å².